The van der Waals surface area contributed by atoms with Crippen molar-refractivity contribution in [3.63, 3.8) is 0 Å². The van der Waals surface area contributed by atoms with Crippen LogP contribution in [0, 0.1) is 0 Å². The van der Waals surface area contributed by atoms with Gasteiger partial charge in [0.05, 0.1) is 17.6 Å². The first-order chi connectivity index (χ1) is 12.9. The SMILES string of the molecule is COC(=O)c1cccc(NS(=O)(=O)c2ccc(N3CCCCC3=O)cc2)c1. The number of ether oxygens (including phenoxy) is 1. The van der Waals surface area contributed by atoms with Crippen molar-refractivity contribution in [2.45, 2.75) is 24.2 Å². The van der Waals surface area contributed by atoms with Crippen LogP contribution in [0.4, 0.5) is 11.4 Å². The Balaban J connectivity index is 1.79. The molecular formula is C19H20N2O5S. The van der Waals surface area contributed by atoms with E-state index in [0.29, 0.717) is 18.7 Å². The monoisotopic (exact) mass is 388 g/mol. The fraction of sp³-hybridized carbons (Fsp3) is 0.263. The lowest BCUT2D eigenvalue weighted by Gasteiger charge is -2.26. The molecule has 0 aliphatic carbocycles. The Morgan fingerprint density at radius 2 is 1.85 bits per heavy atom. The Labute approximate surface area is 158 Å². The van der Waals surface area contributed by atoms with Crippen molar-refractivity contribution in [3.05, 3.63) is 54.1 Å². The summed E-state index contributed by atoms with van der Waals surface area (Å²) in [4.78, 5) is 25.3. The number of esters is 1. The van der Waals surface area contributed by atoms with Gasteiger partial charge in [0.1, 0.15) is 0 Å². The van der Waals surface area contributed by atoms with Crippen LogP contribution < -0.4 is 9.62 Å². The number of benzene rings is 2. The highest BCUT2D eigenvalue weighted by Gasteiger charge is 2.21. The van der Waals surface area contributed by atoms with E-state index in [1.807, 2.05) is 0 Å². The van der Waals surface area contributed by atoms with E-state index in [2.05, 4.69) is 9.46 Å². The van der Waals surface area contributed by atoms with E-state index >= 15 is 0 Å². The highest BCUT2D eigenvalue weighted by molar-refractivity contribution is 7.92. The van der Waals surface area contributed by atoms with E-state index in [1.165, 1.54) is 31.4 Å². The van der Waals surface area contributed by atoms with Crippen molar-refractivity contribution >= 4 is 33.3 Å². The van der Waals surface area contributed by atoms with Gasteiger partial charge in [-0.05, 0) is 55.3 Å². The zero-order valence-electron chi connectivity index (χ0n) is 14.8. The summed E-state index contributed by atoms with van der Waals surface area (Å²) in [6.45, 7) is 0.642. The normalized spacial score (nSPS) is 14.7. The molecule has 0 saturated carbocycles. The lowest BCUT2D eigenvalue weighted by molar-refractivity contribution is -0.119. The number of piperidine rings is 1. The molecule has 0 bridgehead atoms. The van der Waals surface area contributed by atoms with E-state index in [4.69, 9.17) is 0 Å². The summed E-state index contributed by atoms with van der Waals surface area (Å²) in [5, 5.41) is 0. The topological polar surface area (TPSA) is 92.8 Å². The minimum absolute atomic E-state index is 0.0506. The molecular weight excluding hydrogens is 368 g/mol. The first kappa shape index (κ1) is 18.9. The Bertz CT molecular complexity index is 954. The van der Waals surface area contributed by atoms with Gasteiger partial charge in [0.15, 0.2) is 0 Å². The third-order valence-corrected chi connectivity index (χ3v) is 5.72. The maximum Gasteiger partial charge on any atom is 0.337 e. The van der Waals surface area contributed by atoms with Crippen molar-refractivity contribution in [2.75, 3.05) is 23.3 Å². The predicted octanol–water partition coefficient (Wildman–Crippen LogP) is 2.79. The van der Waals surface area contributed by atoms with Crippen molar-refractivity contribution < 1.29 is 22.7 Å². The highest BCUT2D eigenvalue weighted by Crippen LogP contribution is 2.24. The van der Waals surface area contributed by atoms with Crippen LogP contribution in [-0.2, 0) is 19.6 Å². The Kier molecular flexibility index (Phi) is 5.46. The van der Waals surface area contributed by atoms with Crippen molar-refractivity contribution in [2.24, 2.45) is 0 Å². The summed E-state index contributed by atoms with van der Waals surface area (Å²) in [5.74, 6) is -0.499. The van der Waals surface area contributed by atoms with Crippen LogP contribution in [0.2, 0.25) is 0 Å². The number of hydrogen-bond acceptors (Lipinski definition) is 5. The number of anilines is 2. The molecule has 142 valence electrons. The minimum Gasteiger partial charge on any atom is -0.465 e. The van der Waals surface area contributed by atoms with Gasteiger partial charge >= 0.3 is 5.97 Å². The van der Waals surface area contributed by atoms with Crippen molar-refractivity contribution in [1.82, 2.24) is 0 Å². The molecule has 1 saturated heterocycles. The molecule has 2 aromatic carbocycles. The van der Waals surface area contributed by atoms with Crippen LogP contribution in [0.5, 0.6) is 0 Å². The minimum atomic E-state index is -3.83. The van der Waals surface area contributed by atoms with Gasteiger partial charge in [0.25, 0.3) is 10.0 Å². The van der Waals surface area contributed by atoms with Gasteiger partial charge in [0.2, 0.25) is 5.91 Å². The summed E-state index contributed by atoms with van der Waals surface area (Å²) >= 11 is 0. The van der Waals surface area contributed by atoms with Gasteiger partial charge in [-0.1, -0.05) is 6.07 Å². The van der Waals surface area contributed by atoms with Gasteiger partial charge in [-0.3, -0.25) is 9.52 Å². The maximum atomic E-state index is 12.6. The highest BCUT2D eigenvalue weighted by atomic mass is 32.2. The second-order valence-corrected chi connectivity index (χ2v) is 7.86. The fourth-order valence-electron chi connectivity index (χ4n) is 2.93. The first-order valence-corrected chi connectivity index (χ1v) is 10.0. The molecule has 1 N–H and O–H groups in total. The molecule has 2 aromatic rings. The van der Waals surface area contributed by atoms with Crippen LogP contribution >= 0.6 is 0 Å². The molecule has 0 radical (unpaired) electrons. The lowest BCUT2D eigenvalue weighted by Crippen LogP contribution is -2.35. The molecule has 3 rings (SSSR count). The molecule has 1 aliphatic rings. The summed E-state index contributed by atoms with van der Waals surface area (Å²) < 4.78 is 32.3. The Morgan fingerprint density at radius 3 is 2.52 bits per heavy atom. The van der Waals surface area contributed by atoms with Gasteiger partial charge in [-0.15, -0.1) is 0 Å². The fourth-order valence-corrected chi connectivity index (χ4v) is 3.98. The number of amides is 1. The average molecular weight is 388 g/mol. The maximum absolute atomic E-state index is 12.6. The molecule has 7 nitrogen and oxygen atoms in total. The smallest absolute Gasteiger partial charge is 0.337 e. The third-order valence-electron chi connectivity index (χ3n) is 4.32. The molecule has 0 aromatic heterocycles. The average Bonchev–Trinajstić information content (AvgIpc) is 2.68. The second-order valence-electron chi connectivity index (χ2n) is 6.17. The zero-order valence-corrected chi connectivity index (χ0v) is 15.7. The standard InChI is InChI=1S/C19H20N2O5S/c1-26-19(23)14-5-4-6-15(13-14)20-27(24,25)17-10-8-16(9-11-17)21-12-3-2-7-18(21)22/h4-6,8-11,13,20H,2-3,7,12H2,1H3. The molecule has 1 fully saturated rings. The number of nitrogens with zero attached hydrogens (tertiary/aromatic N) is 1. The van der Waals surface area contributed by atoms with Gasteiger partial charge in [-0.2, -0.15) is 0 Å². The van der Waals surface area contributed by atoms with E-state index in [9.17, 15) is 18.0 Å². The van der Waals surface area contributed by atoms with E-state index in [-0.39, 0.29) is 22.1 Å². The van der Waals surface area contributed by atoms with E-state index in [1.54, 1.807) is 29.2 Å². The summed E-state index contributed by atoms with van der Waals surface area (Å²) in [7, 11) is -2.57. The number of carbonyl (C=O) groups is 2. The Morgan fingerprint density at radius 1 is 1.11 bits per heavy atom. The number of sulfonamides is 1. The molecule has 0 spiro atoms. The van der Waals surface area contributed by atoms with Gasteiger partial charge < -0.3 is 9.64 Å². The largest absolute Gasteiger partial charge is 0.465 e. The van der Waals surface area contributed by atoms with Crippen LogP contribution in [0.1, 0.15) is 29.6 Å². The van der Waals surface area contributed by atoms with Crippen LogP contribution in [0.25, 0.3) is 0 Å². The number of hydrogen-bond donors (Lipinski definition) is 1. The number of carbonyl (C=O) groups excluding carboxylic acids is 2. The van der Waals surface area contributed by atoms with E-state index in [0.717, 1.165) is 12.8 Å². The molecule has 0 atom stereocenters. The van der Waals surface area contributed by atoms with Crippen LogP contribution in [0.15, 0.2) is 53.4 Å². The van der Waals surface area contributed by atoms with E-state index < -0.39 is 16.0 Å². The van der Waals surface area contributed by atoms with Crippen molar-refractivity contribution in [1.29, 1.82) is 0 Å². The molecule has 1 heterocycles. The molecule has 27 heavy (non-hydrogen) atoms. The van der Waals surface area contributed by atoms with Gasteiger partial charge in [0, 0.05) is 24.3 Å². The molecule has 8 heteroatoms. The summed E-state index contributed by atoms with van der Waals surface area (Å²) in [6.07, 6.45) is 2.33. The Hall–Kier alpha value is -2.87. The number of methoxy groups -OCH3 is 1. The first-order valence-electron chi connectivity index (χ1n) is 8.52. The number of nitrogens with one attached hydrogen (secondary N) is 1. The van der Waals surface area contributed by atoms with Crippen molar-refractivity contribution in [3.8, 4) is 0 Å². The lowest BCUT2D eigenvalue weighted by atomic mass is 10.1. The molecule has 1 aliphatic heterocycles. The number of rotatable bonds is 5. The second kappa shape index (κ2) is 7.79. The molecule has 0 unspecified atom stereocenters. The van der Waals surface area contributed by atoms with Crippen LogP contribution in [-0.4, -0.2) is 33.9 Å². The van der Waals surface area contributed by atoms with Gasteiger partial charge in [-0.25, -0.2) is 13.2 Å². The zero-order chi connectivity index (χ0) is 19.4. The predicted molar refractivity (Wildman–Crippen MR) is 101 cm³/mol. The quantitative estimate of drug-likeness (QED) is 0.795. The molecule has 1 amide bonds. The summed E-state index contributed by atoms with van der Waals surface area (Å²) in [6, 6.07) is 12.2. The summed E-state index contributed by atoms with van der Waals surface area (Å²) in [5.41, 5.74) is 1.19. The van der Waals surface area contributed by atoms with Crippen LogP contribution in [0.3, 0.4) is 0 Å². The third kappa shape index (κ3) is 4.28.